The van der Waals surface area contributed by atoms with Crippen molar-refractivity contribution < 1.29 is 28.9 Å². The molecule has 1 unspecified atom stereocenters. The molecule has 0 bridgehead atoms. The van der Waals surface area contributed by atoms with Crippen LogP contribution < -0.4 is 5.11 Å². The normalized spacial score (nSPS) is 25.5. The zero-order valence-corrected chi connectivity index (χ0v) is 8.24. The lowest BCUT2D eigenvalue weighted by Gasteiger charge is -2.15. The van der Waals surface area contributed by atoms with Gasteiger partial charge in [-0.25, -0.2) is 0 Å². The second-order valence-electron chi connectivity index (χ2n) is 3.14. The summed E-state index contributed by atoms with van der Waals surface area (Å²) in [6, 6.07) is 0. The van der Waals surface area contributed by atoms with Crippen molar-refractivity contribution in [3.05, 3.63) is 0 Å². The Bertz CT molecular complexity index is 299. The van der Waals surface area contributed by atoms with E-state index in [1.54, 1.807) is 0 Å². The third-order valence-electron chi connectivity index (χ3n) is 2.05. The van der Waals surface area contributed by atoms with Gasteiger partial charge in [0, 0.05) is 12.1 Å². The fourth-order valence-corrected chi connectivity index (χ4v) is 2.80. The first-order chi connectivity index (χ1) is 6.42. The largest absolute Gasteiger partial charge is 0.550 e. The summed E-state index contributed by atoms with van der Waals surface area (Å²) in [4.78, 5) is 30.2. The highest BCUT2D eigenvalue weighted by atomic mass is 31.2. The van der Waals surface area contributed by atoms with Crippen LogP contribution in [0.15, 0.2) is 0 Å². The Kier molecular flexibility index (Phi) is 3.29. The second-order valence-corrected chi connectivity index (χ2v) is 5.83. The van der Waals surface area contributed by atoms with Crippen LogP contribution in [0.5, 0.6) is 0 Å². The van der Waals surface area contributed by atoms with Crippen LogP contribution in [0.4, 0.5) is 0 Å². The Balaban J connectivity index is 2.52. The van der Waals surface area contributed by atoms with Gasteiger partial charge in [-0.3, -0.25) is 9.36 Å². The van der Waals surface area contributed by atoms with Gasteiger partial charge in [0.1, 0.15) is 6.61 Å². The molecule has 1 aliphatic heterocycles. The number of ether oxygens (including phenoxy) is 1. The minimum absolute atomic E-state index is 0.0976. The number of rotatable bonds is 4. The maximum atomic E-state index is 11.5. The zero-order valence-electron chi connectivity index (χ0n) is 7.34. The Labute approximate surface area is 80.3 Å². The van der Waals surface area contributed by atoms with Crippen molar-refractivity contribution in [2.45, 2.75) is 18.5 Å². The molecular formula is C7H10O6P-. The van der Waals surface area contributed by atoms with Gasteiger partial charge in [-0.15, -0.1) is 0 Å². The average Bonchev–Trinajstić information content (AvgIpc) is 2.49. The third-order valence-corrected chi connectivity index (χ3v) is 4.38. The van der Waals surface area contributed by atoms with Gasteiger partial charge in [-0.1, -0.05) is 0 Å². The number of carbonyl (C=O) groups is 2. The first-order valence-electron chi connectivity index (χ1n) is 4.09. The van der Waals surface area contributed by atoms with Gasteiger partial charge < -0.3 is 19.5 Å². The van der Waals surface area contributed by atoms with Crippen LogP contribution in [-0.4, -0.2) is 35.3 Å². The van der Waals surface area contributed by atoms with E-state index in [0.29, 0.717) is 0 Å². The molecule has 7 heteroatoms. The van der Waals surface area contributed by atoms with Crippen LogP contribution in [0.3, 0.4) is 0 Å². The highest BCUT2D eigenvalue weighted by Gasteiger charge is 2.37. The van der Waals surface area contributed by atoms with Crippen LogP contribution in [0.2, 0.25) is 0 Å². The number of esters is 1. The molecule has 1 N–H and O–H groups in total. The van der Waals surface area contributed by atoms with E-state index in [9.17, 15) is 24.2 Å². The topological polar surface area (TPSA) is 104 Å². The molecule has 1 heterocycles. The number of hydrogen-bond acceptors (Lipinski definition) is 5. The van der Waals surface area contributed by atoms with Gasteiger partial charge in [0.15, 0.2) is 0 Å². The predicted octanol–water partition coefficient (Wildman–Crippen LogP) is -1.29. The molecule has 1 saturated heterocycles. The van der Waals surface area contributed by atoms with Crippen molar-refractivity contribution in [2.24, 2.45) is 0 Å². The summed E-state index contributed by atoms with van der Waals surface area (Å²) in [6.45, 7) is -0.0976. The molecule has 0 aromatic rings. The van der Waals surface area contributed by atoms with E-state index < -0.39 is 31.4 Å². The third kappa shape index (κ3) is 2.82. The minimum atomic E-state index is -3.60. The molecule has 14 heavy (non-hydrogen) atoms. The van der Waals surface area contributed by atoms with Crippen LogP contribution in [0.25, 0.3) is 0 Å². The summed E-state index contributed by atoms with van der Waals surface area (Å²) in [5, 5.41) is 10.1. The summed E-state index contributed by atoms with van der Waals surface area (Å²) in [6.07, 6.45) is -0.948. The van der Waals surface area contributed by atoms with Crippen molar-refractivity contribution in [3.8, 4) is 0 Å². The summed E-state index contributed by atoms with van der Waals surface area (Å²) in [5.74, 6) is -1.89. The lowest BCUT2D eigenvalue weighted by molar-refractivity contribution is -0.305. The summed E-state index contributed by atoms with van der Waals surface area (Å²) < 4.78 is 16.0. The highest BCUT2D eigenvalue weighted by molar-refractivity contribution is 7.58. The molecule has 0 radical (unpaired) electrons. The van der Waals surface area contributed by atoms with Crippen LogP contribution >= 0.6 is 7.37 Å². The first kappa shape index (κ1) is 11.2. The van der Waals surface area contributed by atoms with E-state index in [-0.39, 0.29) is 19.2 Å². The molecule has 80 valence electrons. The van der Waals surface area contributed by atoms with Crippen LogP contribution in [0, 0.1) is 0 Å². The molecule has 0 amide bonds. The molecule has 0 aromatic heterocycles. The molecule has 1 fully saturated rings. The molecule has 0 aromatic carbocycles. The van der Waals surface area contributed by atoms with Crippen LogP contribution in [0.1, 0.15) is 12.8 Å². The van der Waals surface area contributed by atoms with Crippen LogP contribution in [-0.2, 0) is 18.9 Å². The van der Waals surface area contributed by atoms with Gasteiger partial charge in [-0.05, 0) is 6.42 Å². The van der Waals surface area contributed by atoms with E-state index in [1.165, 1.54) is 0 Å². The summed E-state index contributed by atoms with van der Waals surface area (Å²) in [5.41, 5.74) is -0.755. The smallest absolute Gasteiger partial charge is 0.306 e. The van der Waals surface area contributed by atoms with E-state index in [0.717, 1.165) is 0 Å². The van der Waals surface area contributed by atoms with E-state index in [4.69, 9.17) is 0 Å². The lowest BCUT2D eigenvalue weighted by atomic mass is 10.4. The number of aliphatic carboxylic acids is 1. The minimum Gasteiger partial charge on any atom is -0.550 e. The standard InChI is InChI=1S/C7H11O6P/c8-6(9)1-2-14(11,12)5-3-7(10)13-4-5/h5H,1-4H2,(H,8,9)(H,11,12)/p-1/t5-/m0/s1. The quantitative estimate of drug-likeness (QED) is 0.468. The number of carboxylic acids is 1. The maximum Gasteiger partial charge on any atom is 0.306 e. The maximum absolute atomic E-state index is 11.5. The molecule has 2 atom stereocenters. The van der Waals surface area contributed by atoms with E-state index in [2.05, 4.69) is 4.74 Å². The van der Waals surface area contributed by atoms with Crippen molar-refractivity contribution in [1.82, 2.24) is 0 Å². The fourth-order valence-electron chi connectivity index (χ4n) is 1.19. The first-order valence-corrected chi connectivity index (χ1v) is 6.00. The Morgan fingerprint density at radius 1 is 1.71 bits per heavy atom. The van der Waals surface area contributed by atoms with E-state index in [1.807, 2.05) is 0 Å². The average molecular weight is 221 g/mol. The molecule has 0 aliphatic carbocycles. The van der Waals surface area contributed by atoms with Gasteiger partial charge >= 0.3 is 5.97 Å². The Morgan fingerprint density at radius 3 is 2.79 bits per heavy atom. The van der Waals surface area contributed by atoms with Crippen molar-refractivity contribution in [2.75, 3.05) is 12.8 Å². The fraction of sp³-hybridized carbons (Fsp3) is 0.714. The molecular weight excluding hydrogens is 211 g/mol. The van der Waals surface area contributed by atoms with Crippen molar-refractivity contribution >= 4 is 19.3 Å². The van der Waals surface area contributed by atoms with Gasteiger partial charge in [-0.2, -0.15) is 0 Å². The molecule has 6 nitrogen and oxygen atoms in total. The monoisotopic (exact) mass is 221 g/mol. The lowest BCUT2D eigenvalue weighted by Crippen LogP contribution is -2.24. The van der Waals surface area contributed by atoms with Crippen molar-refractivity contribution in [1.29, 1.82) is 0 Å². The Hall–Kier alpha value is -0.870. The SMILES string of the molecule is O=C([O-])CCP(=O)(O)[C@@H]1COC(=O)C1. The number of hydrogen-bond donors (Lipinski definition) is 1. The number of cyclic esters (lactones) is 1. The van der Waals surface area contributed by atoms with Gasteiger partial charge in [0.05, 0.1) is 12.1 Å². The number of carboxylic acid groups (broad SMARTS) is 1. The van der Waals surface area contributed by atoms with E-state index >= 15 is 0 Å². The molecule has 0 saturated carbocycles. The Morgan fingerprint density at radius 2 is 2.36 bits per heavy atom. The molecule has 1 aliphatic rings. The molecule has 0 spiro atoms. The zero-order chi connectivity index (χ0) is 10.8. The number of carbonyl (C=O) groups excluding carboxylic acids is 2. The highest BCUT2D eigenvalue weighted by Crippen LogP contribution is 2.49. The molecule has 1 rings (SSSR count). The summed E-state index contributed by atoms with van der Waals surface area (Å²) in [7, 11) is -3.60. The second kappa shape index (κ2) is 4.11. The van der Waals surface area contributed by atoms with Crippen molar-refractivity contribution in [3.63, 3.8) is 0 Å². The predicted molar refractivity (Wildman–Crippen MR) is 43.7 cm³/mol. The van der Waals surface area contributed by atoms with Gasteiger partial charge in [0.25, 0.3) is 0 Å². The summed E-state index contributed by atoms with van der Waals surface area (Å²) >= 11 is 0. The van der Waals surface area contributed by atoms with Gasteiger partial charge in [0.2, 0.25) is 7.37 Å².